The van der Waals surface area contributed by atoms with Gasteiger partial charge in [0.1, 0.15) is 0 Å². The van der Waals surface area contributed by atoms with Crippen molar-refractivity contribution in [1.29, 1.82) is 0 Å². The average Bonchev–Trinajstić information content (AvgIpc) is 2.03. The lowest BCUT2D eigenvalue weighted by molar-refractivity contribution is 0.168. The predicted molar refractivity (Wildman–Crippen MR) is 50.2 cm³/mol. The topological polar surface area (TPSA) is 35.5 Å². The number of rotatable bonds is 3. The molecule has 1 rings (SSSR count). The second-order valence-corrected chi connectivity index (χ2v) is 3.81. The standard InChI is InChI=1S/C9H20N2O/c1-8-7-11(2)5-3-9(8)10-4-6-12/h8-10,12H,3-7H2,1-2H3. The Morgan fingerprint density at radius 3 is 2.92 bits per heavy atom. The van der Waals surface area contributed by atoms with E-state index in [1.165, 1.54) is 19.5 Å². The Labute approximate surface area is 74.8 Å². The normalized spacial score (nSPS) is 32.2. The Morgan fingerprint density at radius 1 is 1.58 bits per heavy atom. The van der Waals surface area contributed by atoms with Gasteiger partial charge >= 0.3 is 0 Å². The number of aliphatic hydroxyl groups is 1. The summed E-state index contributed by atoms with van der Waals surface area (Å²) in [6.45, 7) is 5.60. The summed E-state index contributed by atoms with van der Waals surface area (Å²) in [5.41, 5.74) is 0. The summed E-state index contributed by atoms with van der Waals surface area (Å²) in [7, 11) is 2.17. The first-order valence-corrected chi connectivity index (χ1v) is 4.77. The number of piperidine rings is 1. The molecule has 2 N–H and O–H groups in total. The second-order valence-electron chi connectivity index (χ2n) is 3.81. The molecule has 0 spiro atoms. The fourth-order valence-electron chi connectivity index (χ4n) is 1.91. The van der Waals surface area contributed by atoms with Crippen molar-refractivity contribution < 1.29 is 5.11 Å². The van der Waals surface area contributed by atoms with Crippen molar-refractivity contribution in [1.82, 2.24) is 10.2 Å². The van der Waals surface area contributed by atoms with Gasteiger partial charge in [-0.15, -0.1) is 0 Å². The van der Waals surface area contributed by atoms with Crippen LogP contribution in [0.5, 0.6) is 0 Å². The number of hydrogen-bond acceptors (Lipinski definition) is 3. The van der Waals surface area contributed by atoms with Gasteiger partial charge in [-0.3, -0.25) is 0 Å². The predicted octanol–water partition coefficient (Wildman–Crippen LogP) is -0.0915. The van der Waals surface area contributed by atoms with E-state index in [1.807, 2.05) is 0 Å². The molecule has 72 valence electrons. The van der Waals surface area contributed by atoms with Gasteiger partial charge in [0.15, 0.2) is 0 Å². The minimum Gasteiger partial charge on any atom is -0.395 e. The first kappa shape index (κ1) is 9.96. The highest BCUT2D eigenvalue weighted by molar-refractivity contribution is 4.81. The third kappa shape index (κ3) is 2.73. The third-order valence-corrected chi connectivity index (χ3v) is 2.63. The van der Waals surface area contributed by atoms with E-state index in [0.29, 0.717) is 12.0 Å². The Balaban J connectivity index is 2.25. The molecule has 1 aliphatic heterocycles. The van der Waals surface area contributed by atoms with Crippen molar-refractivity contribution >= 4 is 0 Å². The van der Waals surface area contributed by atoms with Gasteiger partial charge in [-0.25, -0.2) is 0 Å². The zero-order valence-electron chi connectivity index (χ0n) is 8.08. The van der Waals surface area contributed by atoms with E-state index in [-0.39, 0.29) is 6.61 Å². The van der Waals surface area contributed by atoms with Gasteiger partial charge in [-0.2, -0.15) is 0 Å². The van der Waals surface area contributed by atoms with Crippen LogP contribution in [-0.2, 0) is 0 Å². The van der Waals surface area contributed by atoms with E-state index < -0.39 is 0 Å². The molecular weight excluding hydrogens is 152 g/mol. The van der Waals surface area contributed by atoms with Crippen molar-refractivity contribution in [3.8, 4) is 0 Å². The van der Waals surface area contributed by atoms with Gasteiger partial charge in [0.2, 0.25) is 0 Å². The molecule has 1 heterocycles. The summed E-state index contributed by atoms with van der Waals surface area (Å²) >= 11 is 0. The van der Waals surface area contributed by atoms with E-state index in [0.717, 1.165) is 6.54 Å². The molecule has 12 heavy (non-hydrogen) atoms. The molecule has 1 saturated heterocycles. The minimum absolute atomic E-state index is 0.249. The van der Waals surface area contributed by atoms with Crippen molar-refractivity contribution in [2.75, 3.05) is 33.3 Å². The minimum atomic E-state index is 0.249. The number of nitrogens with one attached hydrogen (secondary N) is 1. The molecule has 0 radical (unpaired) electrons. The Hall–Kier alpha value is -0.120. The summed E-state index contributed by atoms with van der Waals surface area (Å²) in [4.78, 5) is 2.36. The maximum Gasteiger partial charge on any atom is 0.0556 e. The third-order valence-electron chi connectivity index (χ3n) is 2.63. The van der Waals surface area contributed by atoms with Crippen LogP contribution in [0.25, 0.3) is 0 Å². The summed E-state index contributed by atoms with van der Waals surface area (Å²) in [5.74, 6) is 0.704. The van der Waals surface area contributed by atoms with Gasteiger partial charge in [0, 0.05) is 19.1 Å². The number of nitrogens with zero attached hydrogens (tertiary/aromatic N) is 1. The Kier molecular flexibility index (Phi) is 3.98. The summed E-state index contributed by atoms with van der Waals surface area (Å²) < 4.78 is 0. The van der Waals surface area contributed by atoms with E-state index in [1.54, 1.807) is 0 Å². The SMILES string of the molecule is CC1CN(C)CCC1NCCO. The maximum atomic E-state index is 8.66. The van der Waals surface area contributed by atoms with Crippen LogP contribution in [0.4, 0.5) is 0 Å². The Bertz CT molecular complexity index is 128. The lowest BCUT2D eigenvalue weighted by Crippen LogP contribution is -2.47. The molecule has 0 amide bonds. The first-order valence-electron chi connectivity index (χ1n) is 4.77. The van der Waals surface area contributed by atoms with Gasteiger partial charge in [0.25, 0.3) is 0 Å². The van der Waals surface area contributed by atoms with Crippen LogP contribution in [0.3, 0.4) is 0 Å². The lowest BCUT2D eigenvalue weighted by atomic mass is 9.94. The molecular formula is C9H20N2O. The number of hydrogen-bond donors (Lipinski definition) is 2. The molecule has 1 fully saturated rings. The molecule has 0 saturated carbocycles. The fraction of sp³-hybridized carbons (Fsp3) is 1.00. The molecule has 3 nitrogen and oxygen atoms in total. The van der Waals surface area contributed by atoms with Crippen LogP contribution in [-0.4, -0.2) is 49.3 Å². The highest BCUT2D eigenvalue weighted by atomic mass is 16.3. The number of aliphatic hydroxyl groups excluding tert-OH is 1. The van der Waals surface area contributed by atoms with E-state index in [2.05, 4.69) is 24.2 Å². The van der Waals surface area contributed by atoms with Gasteiger partial charge in [0.05, 0.1) is 6.61 Å². The summed E-state index contributed by atoms with van der Waals surface area (Å²) in [6, 6.07) is 0.605. The molecule has 0 aromatic heterocycles. The van der Waals surface area contributed by atoms with Crippen LogP contribution >= 0.6 is 0 Å². The summed E-state index contributed by atoms with van der Waals surface area (Å²) in [5, 5.41) is 12.0. The van der Waals surface area contributed by atoms with Crippen molar-refractivity contribution in [2.24, 2.45) is 5.92 Å². The van der Waals surface area contributed by atoms with Crippen LogP contribution < -0.4 is 5.32 Å². The fourth-order valence-corrected chi connectivity index (χ4v) is 1.91. The van der Waals surface area contributed by atoms with E-state index >= 15 is 0 Å². The first-order chi connectivity index (χ1) is 5.74. The van der Waals surface area contributed by atoms with Gasteiger partial charge < -0.3 is 15.3 Å². The quantitative estimate of drug-likeness (QED) is 0.624. The molecule has 3 heteroatoms. The zero-order valence-corrected chi connectivity index (χ0v) is 8.08. The second kappa shape index (κ2) is 4.80. The molecule has 0 bridgehead atoms. The molecule has 2 atom stereocenters. The zero-order chi connectivity index (χ0) is 8.97. The van der Waals surface area contributed by atoms with Crippen LogP contribution in [0.1, 0.15) is 13.3 Å². The molecule has 2 unspecified atom stereocenters. The molecule has 0 aromatic carbocycles. The van der Waals surface area contributed by atoms with E-state index in [9.17, 15) is 0 Å². The highest BCUT2D eigenvalue weighted by Crippen LogP contribution is 2.14. The van der Waals surface area contributed by atoms with Crippen molar-refractivity contribution in [3.05, 3.63) is 0 Å². The Morgan fingerprint density at radius 2 is 2.33 bits per heavy atom. The van der Waals surface area contributed by atoms with Gasteiger partial charge in [-0.05, 0) is 25.9 Å². The summed E-state index contributed by atoms with van der Waals surface area (Å²) in [6.07, 6.45) is 1.21. The van der Waals surface area contributed by atoms with Crippen LogP contribution in [0.15, 0.2) is 0 Å². The lowest BCUT2D eigenvalue weighted by Gasteiger charge is -2.35. The average molecular weight is 172 g/mol. The molecule has 0 aromatic rings. The van der Waals surface area contributed by atoms with Crippen molar-refractivity contribution in [2.45, 2.75) is 19.4 Å². The largest absolute Gasteiger partial charge is 0.395 e. The van der Waals surface area contributed by atoms with Crippen LogP contribution in [0.2, 0.25) is 0 Å². The highest BCUT2D eigenvalue weighted by Gasteiger charge is 2.22. The molecule has 0 aliphatic carbocycles. The van der Waals surface area contributed by atoms with Crippen molar-refractivity contribution in [3.63, 3.8) is 0 Å². The molecule has 1 aliphatic rings. The smallest absolute Gasteiger partial charge is 0.0556 e. The van der Waals surface area contributed by atoms with Crippen LogP contribution in [0, 0.1) is 5.92 Å². The maximum absolute atomic E-state index is 8.66. The van der Waals surface area contributed by atoms with E-state index in [4.69, 9.17) is 5.11 Å². The number of likely N-dealkylation sites (tertiary alicyclic amines) is 1. The van der Waals surface area contributed by atoms with Gasteiger partial charge in [-0.1, -0.05) is 6.92 Å². The monoisotopic (exact) mass is 172 g/mol.